The first kappa shape index (κ1) is 21.5. The number of nitrogens with zero attached hydrogens (tertiary/aromatic N) is 2. The molecule has 0 fully saturated rings. The van der Waals surface area contributed by atoms with Gasteiger partial charge in [0.2, 0.25) is 0 Å². The minimum absolute atomic E-state index is 0.0834. The number of nitrogens with one attached hydrogen (secondary N) is 2. The standard InChI is InChI=1S/C20H36N4O/c1-20(2,3)18(25-7)15-23-19(21-4)22-14-17(24(5)6)13-16-11-9-8-10-12-16/h8-12,17-18H,13-15H2,1-7H3,(H2,21,22,23). The second-order valence-corrected chi connectivity index (χ2v) is 7.73. The van der Waals surface area contributed by atoms with Crippen molar-refractivity contribution in [3.63, 3.8) is 0 Å². The molecule has 1 aromatic carbocycles. The highest BCUT2D eigenvalue weighted by Crippen LogP contribution is 2.20. The van der Waals surface area contributed by atoms with Gasteiger partial charge in [0.15, 0.2) is 5.96 Å². The summed E-state index contributed by atoms with van der Waals surface area (Å²) in [6.07, 6.45) is 1.13. The van der Waals surface area contributed by atoms with E-state index in [1.807, 2.05) is 0 Å². The maximum absolute atomic E-state index is 5.60. The van der Waals surface area contributed by atoms with E-state index in [0.29, 0.717) is 6.04 Å². The number of likely N-dealkylation sites (N-methyl/N-ethyl adjacent to an activating group) is 1. The SMILES string of the molecule is CN=C(NCC(Cc1ccccc1)N(C)C)NCC(OC)C(C)(C)C. The lowest BCUT2D eigenvalue weighted by Gasteiger charge is -2.30. The summed E-state index contributed by atoms with van der Waals surface area (Å²) < 4.78 is 5.60. The quantitative estimate of drug-likeness (QED) is 0.559. The van der Waals surface area contributed by atoms with Crippen molar-refractivity contribution >= 4 is 5.96 Å². The van der Waals surface area contributed by atoms with Gasteiger partial charge in [0.1, 0.15) is 0 Å². The third kappa shape index (κ3) is 7.88. The van der Waals surface area contributed by atoms with Crippen molar-refractivity contribution < 1.29 is 4.74 Å². The van der Waals surface area contributed by atoms with Gasteiger partial charge in [0.05, 0.1) is 6.10 Å². The summed E-state index contributed by atoms with van der Waals surface area (Å²) in [5, 5.41) is 6.82. The molecular weight excluding hydrogens is 312 g/mol. The Hall–Kier alpha value is -1.59. The Morgan fingerprint density at radius 3 is 2.20 bits per heavy atom. The number of benzene rings is 1. The fourth-order valence-electron chi connectivity index (χ4n) is 2.69. The van der Waals surface area contributed by atoms with Crippen LogP contribution in [0.1, 0.15) is 26.3 Å². The predicted octanol–water partition coefficient (Wildman–Crippen LogP) is 2.39. The summed E-state index contributed by atoms with van der Waals surface area (Å²) in [6, 6.07) is 11.0. The van der Waals surface area contributed by atoms with Gasteiger partial charge in [-0.3, -0.25) is 4.99 Å². The second kappa shape index (κ2) is 10.4. The summed E-state index contributed by atoms with van der Waals surface area (Å²) in [6.45, 7) is 8.10. The molecule has 0 amide bonds. The van der Waals surface area contributed by atoms with Crippen molar-refractivity contribution in [1.82, 2.24) is 15.5 Å². The first-order chi connectivity index (χ1) is 11.8. The van der Waals surface area contributed by atoms with Crippen molar-refractivity contribution in [3.8, 4) is 0 Å². The Bertz CT molecular complexity index is 508. The molecule has 0 saturated heterocycles. The first-order valence-electron chi connectivity index (χ1n) is 8.95. The first-order valence-corrected chi connectivity index (χ1v) is 8.95. The molecule has 5 nitrogen and oxygen atoms in total. The molecule has 0 aromatic heterocycles. The number of guanidine groups is 1. The zero-order valence-electron chi connectivity index (χ0n) is 17.0. The van der Waals surface area contributed by atoms with E-state index in [0.717, 1.165) is 25.5 Å². The molecule has 0 saturated carbocycles. The normalized spacial score (nSPS) is 15.1. The number of hydrogen-bond acceptors (Lipinski definition) is 3. The lowest BCUT2D eigenvalue weighted by atomic mass is 9.89. The molecule has 1 aromatic rings. The molecule has 0 spiro atoms. The predicted molar refractivity (Wildman–Crippen MR) is 107 cm³/mol. The third-order valence-electron chi connectivity index (χ3n) is 4.48. The minimum atomic E-state index is 0.0834. The number of methoxy groups -OCH3 is 1. The highest BCUT2D eigenvalue weighted by molar-refractivity contribution is 5.79. The van der Waals surface area contributed by atoms with E-state index in [-0.39, 0.29) is 11.5 Å². The molecule has 0 aliphatic carbocycles. The van der Waals surface area contributed by atoms with E-state index >= 15 is 0 Å². The molecule has 0 bridgehead atoms. The second-order valence-electron chi connectivity index (χ2n) is 7.73. The maximum Gasteiger partial charge on any atom is 0.191 e. The van der Waals surface area contributed by atoms with Crippen molar-refractivity contribution in [1.29, 1.82) is 0 Å². The molecule has 2 atom stereocenters. The zero-order valence-corrected chi connectivity index (χ0v) is 17.0. The van der Waals surface area contributed by atoms with Gasteiger partial charge in [-0.1, -0.05) is 51.1 Å². The molecule has 2 unspecified atom stereocenters. The van der Waals surface area contributed by atoms with Gasteiger partial charge in [-0.15, -0.1) is 0 Å². The van der Waals surface area contributed by atoms with E-state index in [9.17, 15) is 0 Å². The lowest BCUT2D eigenvalue weighted by Crippen LogP contribution is -2.49. The van der Waals surface area contributed by atoms with E-state index < -0.39 is 0 Å². The van der Waals surface area contributed by atoms with Crippen LogP contribution in [0.3, 0.4) is 0 Å². The summed E-state index contributed by atoms with van der Waals surface area (Å²) in [5.41, 5.74) is 1.43. The van der Waals surface area contributed by atoms with Crippen LogP contribution < -0.4 is 10.6 Å². The van der Waals surface area contributed by atoms with E-state index in [4.69, 9.17) is 4.74 Å². The fraction of sp³-hybridized carbons (Fsp3) is 0.650. The smallest absolute Gasteiger partial charge is 0.191 e. The molecule has 1 rings (SSSR count). The summed E-state index contributed by atoms with van der Waals surface area (Å²) >= 11 is 0. The van der Waals surface area contributed by atoms with Crippen LogP contribution in [0.5, 0.6) is 0 Å². The van der Waals surface area contributed by atoms with E-state index in [2.05, 4.69) is 85.7 Å². The molecule has 0 radical (unpaired) electrons. The average Bonchev–Trinajstić information content (AvgIpc) is 2.56. The van der Waals surface area contributed by atoms with Gasteiger partial charge in [-0.25, -0.2) is 0 Å². The molecule has 25 heavy (non-hydrogen) atoms. The van der Waals surface area contributed by atoms with Crippen molar-refractivity contribution in [2.75, 3.05) is 41.3 Å². The number of hydrogen-bond donors (Lipinski definition) is 2. The lowest BCUT2D eigenvalue weighted by molar-refractivity contribution is 0.0205. The van der Waals surface area contributed by atoms with Gasteiger partial charge in [0, 0.05) is 33.3 Å². The van der Waals surface area contributed by atoms with Crippen molar-refractivity contribution in [3.05, 3.63) is 35.9 Å². The van der Waals surface area contributed by atoms with Crippen LogP contribution in [0.25, 0.3) is 0 Å². The summed E-state index contributed by atoms with van der Waals surface area (Å²) in [4.78, 5) is 6.59. The Kier molecular flexibility index (Phi) is 8.93. The topological polar surface area (TPSA) is 48.9 Å². The zero-order chi connectivity index (χ0) is 18.9. The summed E-state index contributed by atoms with van der Waals surface area (Å²) in [7, 11) is 7.80. The Balaban J connectivity index is 2.55. The van der Waals surface area contributed by atoms with Crippen LogP contribution in [0.4, 0.5) is 0 Å². The van der Waals surface area contributed by atoms with Gasteiger partial charge in [-0.2, -0.15) is 0 Å². The maximum atomic E-state index is 5.60. The highest BCUT2D eigenvalue weighted by Gasteiger charge is 2.24. The number of aliphatic imine (C=N–C) groups is 1. The molecule has 0 aliphatic heterocycles. The molecule has 142 valence electrons. The van der Waals surface area contributed by atoms with Crippen LogP contribution in [0.2, 0.25) is 0 Å². The van der Waals surface area contributed by atoms with Gasteiger partial charge in [-0.05, 0) is 31.5 Å². The number of rotatable bonds is 8. The van der Waals surface area contributed by atoms with Crippen LogP contribution in [0.15, 0.2) is 35.3 Å². The van der Waals surface area contributed by atoms with Crippen LogP contribution >= 0.6 is 0 Å². The Labute approximate surface area is 153 Å². The monoisotopic (exact) mass is 348 g/mol. The third-order valence-corrected chi connectivity index (χ3v) is 4.48. The van der Waals surface area contributed by atoms with Crippen molar-refractivity contribution in [2.45, 2.75) is 39.3 Å². The minimum Gasteiger partial charge on any atom is -0.379 e. The van der Waals surface area contributed by atoms with Crippen LogP contribution in [-0.4, -0.2) is 64.3 Å². The Morgan fingerprint density at radius 1 is 1.12 bits per heavy atom. The summed E-state index contributed by atoms with van der Waals surface area (Å²) in [5.74, 6) is 0.811. The molecular formula is C20H36N4O. The average molecular weight is 349 g/mol. The van der Waals surface area contributed by atoms with Crippen LogP contribution in [0, 0.1) is 5.41 Å². The van der Waals surface area contributed by atoms with E-state index in [1.54, 1.807) is 14.2 Å². The van der Waals surface area contributed by atoms with Crippen molar-refractivity contribution in [2.24, 2.45) is 10.4 Å². The molecule has 2 N–H and O–H groups in total. The highest BCUT2D eigenvalue weighted by atomic mass is 16.5. The molecule has 5 heteroatoms. The molecule has 0 aliphatic rings. The Morgan fingerprint density at radius 2 is 1.72 bits per heavy atom. The number of ether oxygens (including phenoxy) is 1. The van der Waals surface area contributed by atoms with Gasteiger partial charge < -0.3 is 20.3 Å². The van der Waals surface area contributed by atoms with Crippen LogP contribution in [-0.2, 0) is 11.2 Å². The largest absolute Gasteiger partial charge is 0.379 e. The fourth-order valence-corrected chi connectivity index (χ4v) is 2.69. The van der Waals surface area contributed by atoms with Gasteiger partial charge in [0.25, 0.3) is 0 Å². The molecule has 0 heterocycles. The van der Waals surface area contributed by atoms with Gasteiger partial charge >= 0.3 is 0 Å². The van der Waals surface area contributed by atoms with E-state index in [1.165, 1.54) is 5.56 Å².